The fraction of sp³-hybridized carbons (Fsp3) is 0.600. The summed E-state index contributed by atoms with van der Waals surface area (Å²) in [6, 6.07) is 0. The first kappa shape index (κ1) is 15.5. The standard InChI is InChI=1S/C10H10Cl4O5/c11-7(12)5-9(17-3-1-15-5)19-10-6(8(13)14)16-2-4-18-10/h9-10H,1-4H2/t9-,10+. The van der Waals surface area contributed by atoms with Crippen LogP contribution in [0.4, 0.5) is 0 Å². The monoisotopic (exact) mass is 350 g/mol. The van der Waals surface area contributed by atoms with Gasteiger partial charge in [0.2, 0.25) is 12.6 Å². The summed E-state index contributed by atoms with van der Waals surface area (Å²) < 4.78 is 26.7. The lowest BCUT2D eigenvalue weighted by Crippen LogP contribution is -2.38. The molecule has 0 aromatic heterocycles. The van der Waals surface area contributed by atoms with Crippen LogP contribution in [0.25, 0.3) is 0 Å². The van der Waals surface area contributed by atoms with E-state index in [9.17, 15) is 0 Å². The molecule has 2 aliphatic rings. The second kappa shape index (κ2) is 7.22. The fourth-order valence-electron chi connectivity index (χ4n) is 1.50. The molecule has 0 aliphatic carbocycles. The van der Waals surface area contributed by atoms with Crippen molar-refractivity contribution in [1.82, 2.24) is 0 Å². The van der Waals surface area contributed by atoms with Crippen LogP contribution >= 0.6 is 46.4 Å². The Morgan fingerprint density at radius 3 is 1.58 bits per heavy atom. The third-order valence-electron chi connectivity index (χ3n) is 2.27. The maximum absolute atomic E-state index is 5.69. The highest BCUT2D eigenvalue weighted by Crippen LogP contribution is 2.30. The summed E-state index contributed by atoms with van der Waals surface area (Å²) in [5.74, 6) is 0.350. The number of hydrogen-bond donors (Lipinski definition) is 0. The van der Waals surface area contributed by atoms with Crippen molar-refractivity contribution in [1.29, 1.82) is 0 Å². The summed E-state index contributed by atoms with van der Waals surface area (Å²) >= 11 is 22.8. The van der Waals surface area contributed by atoms with Gasteiger partial charge in [-0.3, -0.25) is 0 Å². The van der Waals surface area contributed by atoms with Crippen LogP contribution in [-0.2, 0) is 23.7 Å². The molecule has 2 aliphatic heterocycles. The smallest absolute Gasteiger partial charge is 0.222 e. The molecule has 0 bridgehead atoms. The summed E-state index contributed by atoms with van der Waals surface area (Å²) in [6.07, 6.45) is -1.82. The van der Waals surface area contributed by atoms with E-state index in [0.717, 1.165) is 0 Å². The van der Waals surface area contributed by atoms with Crippen LogP contribution in [0.15, 0.2) is 20.5 Å². The van der Waals surface area contributed by atoms with Crippen LogP contribution < -0.4 is 0 Å². The zero-order chi connectivity index (χ0) is 13.8. The van der Waals surface area contributed by atoms with Gasteiger partial charge in [-0.25, -0.2) is 0 Å². The molecule has 0 aromatic rings. The first-order valence-electron chi connectivity index (χ1n) is 5.34. The number of rotatable bonds is 2. The van der Waals surface area contributed by atoms with Crippen molar-refractivity contribution in [2.24, 2.45) is 0 Å². The van der Waals surface area contributed by atoms with Crippen molar-refractivity contribution in [2.45, 2.75) is 12.6 Å². The molecule has 0 saturated carbocycles. The van der Waals surface area contributed by atoms with Crippen LogP contribution in [0, 0.1) is 0 Å². The average molecular weight is 352 g/mol. The van der Waals surface area contributed by atoms with Gasteiger partial charge in [0.05, 0.1) is 13.2 Å². The second-order valence-corrected chi connectivity index (χ2v) is 5.39. The summed E-state index contributed by atoms with van der Waals surface area (Å²) in [4.78, 5) is 0. The van der Waals surface area contributed by atoms with Crippen molar-refractivity contribution in [3.05, 3.63) is 20.5 Å². The Kier molecular flexibility index (Phi) is 5.89. The van der Waals surface area contributed by atoms with E-state index in [1.807, 2.05) is 0 Å². The Morgan fingerprint density at radius 1 is 0.789 bits per heavy atom. The summed E-state index contributed by atoms with van der Waals surface area (Å²) in [5.41, 5.74) is 0. The average Bonchev–Trinajstić information content (AvgIpc) is 2.39. The van der Waals surface area contributed by atoms with Gasteiger partial charge in [0.1, 0.15) is 22.2 Å². The molecule has 2 heterocycles. The molecule has 108 valence electrons. The molecule has 0 N–H and O–H groups in total. The van der Waals surface area contributed by atoms with Crippen LogP contribution in [0.2, 0.25) is 0 Å². The molecular formula is C10H10Cl4O5. The van der Waals surface area contributed by atoms with E-state index in [0.29, 0.717) is 26.4 Å². The Labute approximate surface area is 129 Å². The second-order valence-electron chi connectivity index (χ2n) is 3.49. The predicted octanol–water partition coefficient (Wildman–Crippen LogP) is 3.04. The van der Waals surface area contributed by atoms with Gasteiger partial charge in [-0.2, -0.15) is 0 Å². The van der Waals surface area contributed by atoms with Crippen molar-refractivity contribution < 1.29 is 23.7 Å². The van der Waals surface area contributed by atoms with E-state index in [1.165, 1.54) is 0 Å². The molecule has 0 aromatic carbocycles. The van der Waals surface area contributed by atoms with E-state index in [-0.39, 0.29) is 20.5 Å². The summed E-state index contributed by atoms with van der Waals surface area (Å²) in [5, 5.41) is 0. The maximum atomic E-state index is 5.69. The first-order chi connectivity index (χ1) is 9.09. The van der Waals surface area contributed by atoms with Crippen LogP contribution in [0.5, 0.6) is 0 Å². The molecule has 5 nitrogen and oxygen atoms in total. The highest BCUT2D eigenvalue weighted by Gasteiger charge is 2.33. The Bertz CT molecular complexity index is 353. The molecule has 2 saturated heterocycles. The fourth-order valence-corrected chi connectivity index (χ4v) is 2.08. The number of ether oxygens (including phenoxy) is 5. The molecule has 19 heavy (non-hydrogen) atoms. The van der Waals surface area contributed by atoms with E-state index in [1.54, 1.807) is 0 Å². The normalized spacial score (nSPS) is 27.6. The van der Waals surface area contributed by atoms with Crippen molar-refractivity contribution >= 4 is 46.4 Å². The lowest BCUT2D eigenvalue weighted by Gasteiger charge is -2.32. The predicted molar refractivity (Wildman–Crippen MR) is 69.9 cm³/mol. The molecule has 2 rings (SSSR count). The van der Waals surface area contributed by atoms with Crippen LogP contribution in [-0.4, -0.2) is 39.0 Å². The third kappa shape index (κ3) is 4.04. The van der Waals surface area contributed by atoms with Crippen molar-refractivity contribution in [2.75, 3.05) is 26.4 Å². The van der Waals surface area contributed by atoms with Crippen molar-refractivity contribution in [3.8, 4) is 0 Å². The van der Waals surface area contributed by atoms with Gasteiger partial charge in [0.25, 0.3) is 0 Å². The van der Waals surface area contributed by atoms with Crippen LogP contribution in [0.3, 0.4) is 0 Å². The summed E-state index contributed by atoms with van der Waals surface area (Å²) in [6.45, 7) is 1.32. The lowest BCUT2D eigenvalue weighted by molar-refractivity contribution is -0.268. The third-order valence-corrected chi connectivity index (χ3v) is 3.01. The van der Waals surface area contributed by atoms with Gasteiger partial charge in [0.15, 0.2) is 11.5 Å². The topological polar surface area (TPSA) is 46.2 Å². The van der Waals surface area contributed by atoms with Crippen molar-refractivity contribution in [3.63, 3.8) is 0 Å². The largest absolute Gasteiger partial charge is 0.488 e. The Balaban J connectivity index is 2.10. The Morgan fingerprint density at radius 2 is 1.21 bits per heavy atom. The van der Waals surface area contributed by atoms with Gasteiger partial charge in [0, 0.05) is 0 Å². The van der Waals surface area contributed by atoms with Crippen LogP contribution in [0.1, 0.15) is 0 Å². The minimum Gasteiger partial charge on any atom is -0.488 e. The molecule has 0 unspecified atom stereocenters. The van der Waals surface area contributed by atoms with Gasteiger partial charge < -0.3 is 23.7 Å². The molecule has 9 heteroatoms. The highest BCUT2D eigenvalue weighted by molar-refractivity contribution is 6.56. The molecule has 0 spiro atoms. The SMILES string of the molecule is ClC(Cl)=C1OCCO[C@@H]1O[C@@H]1OCCOC1=C(Cl)Cl. The molecule has 2 atom stereocenters. The van der Waals surface area contributed by atoms with Gasteiger partial charge in [-0.1, -0.05) is 46.4 Å². The van der Waals surface area contributed by atoms with E-state index in [4.69, 9.17) is 70.1 Å². The maximum Gasteiger partial charge on any atom is 0.222 e. The highest BCUT2D eigenvalue weighted by atomic mass is 35.5. The molecule has 0 amide bonds. The number of hydrogen-bond acceptors (Lipinski definition) is 5. The number of halogens is 4. The minimum absolute atomic E-state index is 0.0797. The minimum atomic E-state index is -0.909. The molecule has 2 fully saturated rings. The van der Waals surface area contributed by atoms with E-state index < -0.39 is 12.6 Å². The zero-order valence-electron chi connectivity index (χ0n) is 9.54. The lowest BCUT2D eigenvalue weighted by atomic mass is 10.4. The van der Waals surface area contributed by atoms with Gasteiger partial charge >= 0.3 is 0 Å². The Hall–Kier alpha value is 0.120. The molecule has 0 radical (unpaired) electrons. The summed E-state index contributed by atoms with van der Waals surface area (Å²) in [7, 11) is 0. The first-order valence-corrected chi connectivity index (χ1v) is 6.85. The van der Waals surface area contributed by atoms with E-state index >= 15 is 0 Å². The van der Waals surface area contributed by atoms with Gasteiger partial charge in [-0.05, 0) is 0 Å². The zero-order valence-corrected chi connectivity index (χ0v) is 12.6. The van der Waals surface area contributed by atoms with E-state index in [2.05, 4.69) is 0 Å². The quantitative estimate of drug-likeness (QED) is 0.765. The molecular weight excluding hydrogens is 342 g/mol. The van der Waals surface area contributed by atoms with Gasteiger partial charge in [-0.15, -0.1) is 0 Å².